The molecular formula is C42H27N. The summed E-state index contributed by atoms with van der Waals surface area (Å²) in [5.74, 6) is 0. The topological polar surface area (TPSA) is 4.93 Å². The molecule has 1 nitrogen and oxygen atoms in total. The standard InChI is InChI=1S/C42H27N/c1-2-8-28(9-3-1)29-18-22-35(23-19-29)43-40-13-7-6-12-38(40)42-37-24-20-32(26-34(37)21-25-41(42)43)33-17-16-31-15-14-30-10-4-5-11-36(30)39(31)27-33/h1-27H. The van der Waals surface area contributed by atoms with Gasteiger partial charge in [0.05, 0.1) is 11.0 Å². The Balaban J connectivity index is 1.21. The van der Waals surface area contributed by atoms with Crippen molar-refractivity contribution in [3.05, 3.63) is 164 Å². The minimum atomic E-state index is 1.17. The molecule has 0 unspecified atom stereocenters. The maximum Gasteiger partial charge on any atom is 0.0547 e. The molecule has 9 aromatic rings. The summed E-state index contributed by atoms with van der Waals surface area (Å²) in [6, 6.07) is 59.8. The van der Waals surface area contributed by atoms with Crippen LogP contribution in [0.25, 0.3) is 82.1 Å². The predicted molar refractivity (Wildman–Crippen MR) is 184 cm³/mol. The molecule has 0 radical (unpaired) electrons. The Morgan fingerprint density at radius 2 is 0.907 bits per heavy atom. The molecule has 9 rings (SSSR count). The van der Waals surface area contributed by atoms with Crippen LogP contribution in [0.2, 0.25) is 0 Å². The summed E-state index contributed by atoms with van der Waals surface area (Å²) in [6.07, 6.45) is 0. The van der Waals surface area contributed by atoms with Gasteiger partial charge in [0.1, 0.15) is 0 Å². The SMILES string of the molecule is c1ccc(-c2ccc(-n3c4ccccc4c4c5ccc(-c6ccc7ccc8ccccc8c7c6)cc5ccc43)cc2)cc1. The Labute approximate surface area is 249 Å². The fourth-order valence-corrected chi connectivity index (χ4v) is 6.87. The van der Waals surface area contributed by atoms with Crippen molar-refractivity contribution in [2.24, 2.45) is 0 Å². The molecule has 0 spiro atoms. The number of hydrogen-bond donors (Lipinski definition) is 0. The van der Waals surface area contributed by atoms with Gasteiger partial charge >= 0.3 is 0 Å². The van der Waals surface area contributed by atoms with E-state index in [2.05, 4.69) is 168 Å². The first-order valence-electron chi connectivity index (χ1n) is 14.9. The molecule has 0 saturated carbocycles. The van der Waals surface area contributed by atoms with E-state index in [0.717, 1.165) is 0 Å². The summed E-state index contributed by atoms with van der Waals surface area (Å²) >= 11 is 0. The van der Waals surface area contributed by atoms with Gasteiger partial charge < -0.3 is 4.57 Å². The summed E-state index contributed by atoms with van der Waals surface area (Å²) in [7, 11) is 0. The smallest absolute Gasteiger partial charge is 0.0547 e. The molecule has 0 N–H and O–H groups in total. The third-order valence-electron chi connectivity index (χ3n) is 8.97. The van der Waals surface area contributed by atoms with Gasteiger partial charge in [-0.25, -0.2) is 0 Å². The molecule has 0 atom stereocenters. The Morgan fingerprint density at radius 1 is 0.302 bits per heavy atom. The molecule has 200 valence electrons. The van der Waals surface area contributed by atoms with E-state index in [4.69, 9.17) is 0 Å². The molecule has 0 bridgehead atoms. The van der Waals surface area contributed by atoms with E-state index >= 15 is 0 Å². The lowest BCUT2D eigenvalue weighted by Gasteiger charge is -2.11. The summed E-state index contributed by atoms with van der Waals surface area (Å²) in [6.45, 7) is 0. The lowest BCUT2D eigenvalue weighted by molar-refractivity contribution is 1.18. The number of para-hydroxylation sites is 1. The molecule has 43 heavy (non-hydrogen) atoms. The molecular weight excluding hydrogens is 518 g/mol. The minimum Gasteiger partial charge on any atom is -0.309 e. The third kappa shape index (κ3) is 3.79. The second-order valence-corrected chi connectivity index (χ2v) is 11.4. The number of rotatable bonds is 3. The van der Waals surface area contributed by atoms with Crippen molar-refractivity contribution in [3.8, 4) is 27.9 Å². The number of benzene rings is 8. The molecule has 0 amide bonds. The van der Waals surface area contributed by atoms with Gasteiger partial charge in [0.2, 0.25) is 0 Å². The fraction of sp³-hybridized carbons (Fsp3) is 0. The van der Waals surface area contributed by atoms with Crippen LogP contribution >= 0.6 is 0 Å². The summed E-state index contributed by atoms with van der Waals surface area (Å²) in [5.41, 5.74) is 8.57. The van der Waals surface area contributed by atoms with Gasteiger partial charge in [-0.15, -0.1) is 0 Å². The maximum absolute atomic E-state index is 2.40. The van der Waals surface area contributed by atoms with Crippen LogP contribution in [-0.4, -0.2) is 4.57 Å². The predicted octanol–water partition coefficient (Wildman–Crippen LogP) is 11.6. The zero-order valence-electron chi connectivity index (χ0n) is 23.5. The average Bonchev–Trinajstić information content (AvgIpc) is 3.43. The van der Waals surface area contributed by atoms with Crippen molar-refractivity contribution in [2.45, 2.75) is 0 Å². The van der Waals surface area contributed by atoms with Crippen molar-refractivity contribution in [1.82, 2.24) is 4.57 Å². The molecule has 1 heteroatoms. The fourth-order valence-electron chi connectivity index (χ4n) is 6.87. The van der Waals surface area contributed by atoms with Gasteiger partial charge in [-0.05, 0) is 91.0 Å². The van der Waals surface area contributed by atoms with E-state index in [0.29, 0.717) is 0 Å². The van der Waals surface area contributed by atoms with Crippen molar-refractivity contribution in [3.63, 3.8) is 0 Å². The number of nitrogens with zero attached hydrogens (tertiary/aromatic N) is 1. The highest BCUT2D eigenvalue weighted by atomic mass is 15.0. The molecule has 0 aliphatic carbocycles. The van der Waals surface area contributed by atoms with E-state index in [1.807, 2.05) is 0 Å². The molecule has 0 saturated heterocycles. The van der Waals surface area contributed by atoms with Crippen LogP contribution in [0.1, 0.15) is 0 Å². The molecule has 1 heterocycles. The Kier molecular flexibility index (Phi) is 5.27. The third-order valence-corrected chi connectivity index (χ3v) is 8.97. The van der Waals surface area contributed by atoms with Gasteiger partial charge in [0, 0.05) is 16.5 Å². The van der Waals surface area contributed by atoms with Crippen LogP contribution in [0.4, 0.5) is 0 Å². The van der Waals surface area contributed by atoms with Crippen LogP contribution in [-0.2, 0) is 0 Å². The first-order chi connectivity index (χ1) is 21.3. The van der Waals surface area contributed by atoms with E-state index < -0.39 is 0 Å². The van der Waals surface area contributed by atoms with Gasteiger partial charge in [-0.2, -0.15) is 0 Å². The maximum atomic E-state index is 2.40. The highest BCUT2D eigenvalue weighted by Gasteiger charge is 2.15. The monoisotopic (exact) mass is 545 g/mol. The van der Waals surface area contributed by atoms with Crippen molar-refractivity contribution in [2.75, 3.05) is 0 Å². The van der Waals surface area contributed by atoms with Crippen molar-refractivity contribution in [1.29, 1.82) is 0 Å². The molecule has 0 fully saturated rings. The number of fused-ring (bicyclic) bond motifs is 8. The van der Waals surface area contributed by atoms with E-state index in [1.165, 1.54) is 82.1 Å². The van der Waals surface area contributed by atoms with Crippen LogP contribution in [0, 0.1) is 0 Å². The van der Waals surface area contributed by atoms with Crippen LogP contribution in [0.15, 0.2) is 164 Å². The first-order valence-corrected chi connectivity index (χ1v) is 14.9. The molecule has 0 aliphatic heterocycles. The number of hydrogen-bond acceptors (Lipinski definition) is 0. The lowest BCUT2D eigenvalue weighted by atomic mass is 9.95. The molecule has 0 aliphatic rings. The van der Waals surface area contributed by atoms with Gasteiger partial charge in [0.15, 0.2) is 0 Å². The van der Waals surface area contributed by atoms with Gasteiger partial charge in [-0.1, -0.05) is 127 Å². The summed E-state index contributed by atoms with van der Waals surface area (Å²) < 4.78 is 2.40. The summed E-state index contributed by atoms with van der Waals surface area (Å²) in [4.78, 5) is 0. The van der Waals surface area contributed by atoms with Crippen molar-refractivity contribution >= 4 is 54.1 Å². The second kappa shape index (κ2) is 9.44. The van der Waals surface area contributed by atoms with Gasteiger partial charge in [0.25, 0.3) is 0 Å². The Bertz CT molecular complexity index is 2480. The minimum absolute atomic E-state index is 1.17. The highest BCUT2D eigenvalue weighted by Crippen LogP contribution is 2.39. The normalized spacial score (nSPS) is 11.7. The second-order valence-electron chi connectivity index (χ2n) is 11.4. The quantitative estimate of drug-likeness (QED) is 0.195. The van der Waals surface area contributed by atoms with Crippen LogP contribution in [0.5, 0.6) is 0 Å². The zero-order chi connectivity index (χ0) is 28.3. The number of aromatic nitrogens is 1. The van der Waals surface area contributed by atoms with Crippen LogP contribution in [0.3, 0.4) is 0 Å². The summed E-state index contributed by atoms with van der Waals surface area (Å²) in [5, 5.41) is 10.3. The average molecular weight is 546 g/mol. The Hall–Kier alpha value is -5.66. The zero-order valence-corrected chi connectivity index (χ0v) is 23.5. The van der Waals surface area contributed by atoms with E-state index in [9.17, 15) is 0 Å². The molecule has 1 aromatic heterocycles. The first kappa shape index (κ1) is 24.0. The lowest BCUT2D eigenvalue weighted by Crippen LogP contribution is -1.93. The van der Waals surface area contributed by atoms with E-state index in [-0.39, 0.29) is 0 Å². The molecule has 8 aromatic carbocycles. The van der Waals surface area contributed by atoms with Crippen molar-refractivity contribution < 1.29 is 0 Å². The Morgan fingerprint density at radius 3 is 1.77 bits per heavy atom. The van der Waals surface area contributed by atoms with Gasteiger partial charge in [-0.3, -0.25) is 0 Å². The van der Waals surface area contributed by atoms with Crippen LogP contribution < -0.4 is 0 Å². The largest absolute Gasteiger partial charge is 0.309 e. The van der Waals surface area contributed by atoms with E-state index in [1.54, 1.807) is 0 Å². The highest BCUT2D eigenvalue weighted by molar-refractivity contribution is 6.21.